The first-order valence-electron chi connectivity index (χ1n) is 7.63. The van der Waals surface area contributed by atoms with Crippen molar-refractivity contribution in [1.82, 2.24) is 5.32 Å². The molecule has 1 aromatic carbocycles. The van der Waals surface area contributed by atoms with Gasteiger partial charge in [0.15, 0.2) is 0 Å². The van der Waals surface area contributed by atoms with Gasteiger partial charge in [-0.05, 0) is 43.2 Å². The first kappa shape index (κ1) is 14.5. The summed E-state index contributed by atoms with van der Waals surface area (Å²) in [5, 5.41) is 3.71. The number of benzene rings is 1. The zero-order valence-corrected chi connectivity index (χ0v) is 12.3. The molecule has 1 aliphatic carbocycles. The van der Waals surface area contributed by atoms with E-state index in [1.165, 1.54) is 18.4 Å². The molecular weight excluding hydrogens is 234 g/mol. The monoisotopic (exact) mass is 261 g/mol. The van der Waals surface area contributed by atoms with Crippen molar-refractivity contribution in [3.8, 4) is 0 Å². The topological polar surface area (TPSA) is 21.3 Å². The molecule has 2 rings (SSSR count). The van der Waals surface area contributed by atoms with Gasteiger partial charge in [-0.3, -0.25) is 0 Å². The second-order valence-corrected chi connectivity index (χ2v) is 6.00. The van der Waals surface area contributed by atoms with E-state index in [2.05, 4.69) is 49.5 Å². The Morgan fingerprint density at radius 3 is 2.58 bits per heavy atom. The smallest absolute Gasteiger partial charge is 0.0489 e. The molecular formula is C17H27NO. The third-order valence-electron chi connectivity index (χ3n) is 3.53. The third-order valence-corrected chi connectivity index (χ3v) is 3.53. The predicted molar refractivity (Wildman–Crippen MR) is 80.2 cm³/mol. The highest BCUT2D eigenvalue weighted by molar-refractivity contribution is 5.21. The van der Waals surface area contributed by atoms with E-state index >= 15 is 0 Å². The highest BCUT2D eigenvalue weighted by Crippen LogP contribution is 2.40. The molecule has 0 radical (unpaired) electrons. The molecule has 1 fully saturated rings. The van der Waals surface area contributed by atoms with Gasteiger partial charge in [0.25, 0.3) is 0 Å². The summed E-state index contributed by atoms with van der Waals surface area (Å²) in [5.41, 5.74) is 1.44. The van der Waals surface area contributed by atoms with Crippen LogP contribution >= 0.6 is 0 Å². The fourth-order valence-electron chi connectivity index (χ4n) is 2.40. The van der Waals surface area contributed by atoms with Crippen LogP contribution in [0.4, 0.5) is 0 Å². The van der Waals surface area contributed by atoms with Crippen LogP contribution in [0.15, 0.2) is 30.3 Å². The minimum absolute atomic E-state index is 0.547. The lowest BCUT2D eigenvalue weighted by atomic mass is 10.0. The molecule has 0 spiro atoms. The van der Waals surface area contributed by atoms with Crippen LogP contribution < -0.4 is 5.32 Å². The molecule has 0 aliphatic heterocycles. The van der Waals surface area contributed by atoms with Gasteiger partial charge in [-0.25, -0.2) is 0 Å². The van der Waals surface area contributed by atoms with E-state index in [1.54, 1.807) is 0 Å². The molecule has 0 saturated heterocycles. The molecule has 2 nitrogen and oxygen atoms in total. The van der Waals surface area contributed by atoms with Crippen LogP contribution in [0.5, 0.6) is 0 Å². The van der Waals surface area contributed by atoms with Gasteiger partial charge in [0.2, 0.25) is 0 Å². The minimum atomic E-state index is 0.547. The lowest BCUT2D eigenvalue weighted by molar-refractivity contribution is 0.107. The summed E-state index contributed by atoms with van der Waals surface area (Å²) in [5.74, 6) is 1.48. The zero-order chi connectivity index (χ0) is 13.5. The molecule has 1 saturated carbocycles. The SMILES string of the molecule is CC(C)COCCCNC(c1ccccc1)C1CC1. The average Bonchev–Trinajstić information content (AvgIpc) is 3.23. The van der Waals surface area contributed by atoms with E-state index in [1.807, 2.05) is 0 Å². The normalized spacial score (nSPS) is 16.8. The molecule has 0 amide bonds. The van der Waals surface area contributed by atoms with Crippen molar-refractivity contribution in [2.75, 3.05) is 19.8 Å². The van der Waals surface area contributed by atoms with E-state index < -0.39 is 0 Å². The van der Waals surface area contributed by atoms with Gasteiger partial charge in [-0.1, -0.05) is 44.2 Å². The highest BCUT2D eigenvalue weighted by Gasteiger charge is 2.31. The number of nitrogens with one attached hydrogen (secondary N) is 1. The summed E-state index contributed by atoms with van der Waals surface area (Å²) in [7, 11) is 0. The molecule has 2 heteroatoms. The van der Waals surface area contributed by atoms with Gasteiger partial charge in [0, 0.05) is 19.3 Å². The van der Waals surface area contributed by atoms with Crippen LogP contribution in [0.3, 0.4) is 0 Å². The summed E-state index contributed by atoms with van der Waals surface area (Å²) in [6.07, 6.45) is 3.84. The van der Waals surface area contributed by atoms with Crippen LogP contribution in [0.2, 0.25) is 0 Å². The molecule has 0 bridgehead atoms. The molecule has 1 N–H and O–H groups in total. The Hall–Kier alpha value is -0.860. The molecule has 19 heavy (non-hydrogen) atoms. The molecule has 1 atom stereocenters. The number of rotatable bonds is 9. The van der Waals surface area contributed by atoms with E-state index in [0.717, 1.165) is 32.1 Å². The lowest BCUT2D eigenvalue weighted by Crippen LogP contribution is -2.25. The summed E-state index contributed by atoms with van der Waals surface area (Å²) in [6, 6.07) is 11.4. The van der Waals surface area contributed by atoms with Crippen LogP contribution in [0, 0.1) is 11.8 Å². The fraction of sp³-hybridized carbons (Fsp3) is 0.647. The largest absolute Gasteiger partial charge is 0.381 e. The molecule has 1 aliphatic rings. The van der Waals surface area contributed by atoms with Gasteiger partial charge in [-0.15, -0.1) is 0 Å². The van der Waals surface area contributed by atoms with Crippen LogP contribution in [0.25, 0.3) is 0 Å². The van der Waals surface area contributed by atoms with E-state index in [-0.39, 0.29) is 0 Å². The van der Waals surface area contributed by atoms with Crippen LogP contribution in [0.1, 0.15) is 44.7 Å². The van der Waals surface area contributed by atoms with Gasteiger partial charge in [0.05, 0.1) is 0 Å². The second kappa shape index (κ2) is 7.66. The maximum atomic E-state index is 5.62. The standard InChI is InChI=1S/C17H27NO/c1-14(2)13-19-12-6-11-18-17(16-9-10-16)15-7-4-3-5-8-15/h3-5,7-8,14,16-18H,6,9-13H2,1-2H3. The molecule has 106 valence electrons. The van der Waals surface area contributed by atoms with Crippen molar-refractivity contribution < 1.29 is 4.74 Å². The minimum Gasteiger partial charge on any atom is -0.381 e. The van der Waals surface area contributed by atoms with Crippen LogP contribution in [-0.2, 0) is 4.74 Å². The van der Waals surface area contributed by atoms with E-state index in [9.17, 15) is 0 Å². The van der Waals surface area contributed by atoms with Crippen molar-refractivity contribution in [3.05, 3.63) is 35.9 Å². The quantitative estimate of drug-likeness (QED) is 0.683. The number of ether oxygens (including phenoxy) is 1. The summed E-state index contributed by atoms with van der Waals surface area (Å²) < 4.78 is 5.62. The first-order valence-corrected chi connectivity index (χ1v) is 7.63. The average molecular weight is 261 g/mol. The number of hydrogen-bond acceptors (Lipinski definition) is 2. The Morgan fingerprint density at radius 1 is 1.21 bits per heavy atom. The summed E-state index contributed by atoms with van der Waals surface area (Å²) in [6.45, 7) is 7.18. The summed E-state index contributed by atoms with van der Waals surface area (Å²) in [4.78, 5) is 0. The second-order valence-electron chi connectivity index (χ2n) is 6.00. The Labute approximate surface area is 117 Å². The Balaban J connectivity index is 1.67. The van der Waals surface area contributed by atoms with Crippen molar-refractivity contribution >= 4 is 0 Å². The van der Waals surface area contributed by atoms with Crippen molar-refractivity contribution in [1.29, 1.82) is 0 Å². The lowest BCUT2D eigenvalue weighted by Gasteiger charge is -2.19. The van der Waals surface area contributed by atoms with Gasteiger partial charge in [0.1, 0.15) is 0 Å². The predicted octanol–water partition coefficient (Wildman–Crippen LogP) is 3.79. The Bertz CT molecular complexity index is 346. The highest BCUT2D eigenvalue weighted by atomic mass is 16.5. The zero-order valence-electron chi connectivity index (χ0n) is 12.3. The van der Waals surface area contributed by atoms with Gasteiger partial charge < -0.3 is 10.1 Å². The van der Waals surface area contributed by atoms with Crippen molar-refractivity contribution in [2.24, 2.45) is 11.8 Å². The third kappa shape index (κ3) is 5.33. The Kier molecular flexibility index (Phi) is 5.87. The number of hydrogen-bond donors (Lipinski definition) is 1. The maximum Gasteiger partial charge on any atom is 0.0489 e. The Morgan fingerprint density at radius 2 is 1.95 bits per heavy atom. The fourth-order valence-corrected chi connectivity index (χ4v) is 2.40. The molecule has 0 heterocycles. The first-order chi connectivity index (χ1) is 9.27. The van der Waals surface area contributed by atoms with Crippen LogP contribution in [-0.4, -0.2) is 19.8 Å². The van der Waals surface area contributed by atoms with Gasteiger partial charge >= 0.3 is 0 Å². The van der Waals surface area contributed by atoms with Gasteiger partial charge in [-0.2, -0.15) is 0 Å². The molecule has 1 aromatic rings. The molecule has 0 aromatic heterocycles. The van der Waals surface area contributed by atoms with Crippen molar-refractivity contribution in [3.63, 3.8) is 0 Å². The van der Waals surface area contributed by atoms with E-state index in [4.69, 9.17) is 4.74 Å². The molecule has 1 unspecified atom stereocenters. The van der Waals surface area contributed by atoms with Crippen molar-refractivity contribution in [2.45, 2.75) is 39.2 Å². The van der Waals surface area contributed by atoms with E-state index in [0.29, 0.717) is 12.0 Å². The maximum absolute atomic E-state index is 5.62. The summed E-state index contributed by atoms with van der Waals surface area (Å²) >= 11 is 0.